The molecule has 0 nitrogen and oxygen atoms in total. The van der Waals surface area contributed by atoms with Crippen LogP contribution in [-0.4, -0.2) is 0 Å². The molecular formula is C31H37Cl. The first-order valence-electron chi connectivity index (χ1n) is 12.5. The lowest BCUT2D eigenvalue weighted by Gasteiger charge is -2.28. The van der Waals surface area contributed by atoms with Crippen molar-refractivity contribution in [2.75, 3.05) is 0 Å². The van der Waals surface area contributed by atoms with Crippen LogP contribution in [0.1, 0.15) is 66.3 Å². The van der Waals surface area contributed by atoms with Crippen LogP contribution in [0.15, 0.2) is 72.8 Å². The van der Waals surface area contributed by atoms with E-state index in [0.717, 1.165) is 29.7 Å². The van der Waals surface area contributed by atoms with Gasteiger partial charge in [0.15, 0.2) is 0 Å². The summed E-state index contributed by atoms with van der Waals surface area (Å²) in [4.78, 5) is 0. The van der Waals surface area contributed by atoms with Crippen LogP contribution in [0.3, 0.4) is 0 Å². The van der Waals surface area contributed by atoms with Gasteiger partial charge >= 0.3 is 0 Å². The lowest BCUT2D eigenvalue weighted by atomic mass is 9.77. The molecular weight excluding hydrogens is 408 g/mol. The molecule has 0 aromatic heterocycles. The van der Waals surface area contributed by atoms with Gasteiger partial charge in [0.25, 0.3) is 0 Å². The predicted molar refractivity (Wildman–Crippen MR) is 139 cm³/mol. The van der Waals surface area contributed by atoms with Crippen molar-refractivity contribution in [1.29, 1.82) is 0 Å². The summed E-state index contributed by atoms with van der Waals surface area (Å²) in [5, 5.41) is 0.814. The molecule has 0 spiro atoms. The van der Waals surface area contributed by atoms with Crippen molar-refractivity contribution in [2.24, 2.45) is 11.8 Å². The lowest BCUT2D eigenvalue weighted by molar-refractivity contribution is 0.253. The number of hydrogen-bond donors (Lipinski definition) is 0. The van der Waals surface area contributed by atoms with Crippen molar-refractivity contribution in [2.45, 2.75) is 71.1 Å². The Morgan fingerprint density at radius 3 is 1.31 bits per heavy atom. The molecule has 1 saturated carbocycles. The third kappa shape index (κ3) is 7.24. The summed E-state index contributed by atoms with van der Waals surface area (Å²) in [6, 6.07) is 26.7. The molecule has 4 rings (SSSR count). The highest BCUT2D eigenvalue weighted by molar-refractivity contribution is 6.30. The molecule has 0 saturated heterocycles. The van der Waals surface area contributed by atoms with Crippen LogP contribution in [0, 0.1) is 18.8 Å². The van der Waals surface area contributed by atoms with E-state index in [9.17, 15) is 0 Å². The monoisotopic (exact) mass is 444 g/mol. The van der Waals surface area contributed by atoms with Crippen LogP contribution in [-0.2, 0) is 25.7 Å². The number of hydrogen-bond acceptors (Lipinski definition) is 0. The molecule has 0 heterocycles. The predicted octanol–water partition coefficient (Wildman–Crippen LogP) is 8.81. The lowest BCUT2D eigenvalue weighted by Crippen LogP contribution is -2.15. The van der Waals surface area contributed by atoms with E-state index < -0.39 is 0 Å². The van der Waals surface area contributed by atoms with E-state index >= 15 is 0 Å². The fraction of sp³-hybridized carbons (Fsp3) is 0.419. The number of halogens is 1. The van der Waals surface area contributed by atoms with Crippen molar-refractivity contribution < 1.29 is 0 Å². The van der Waals surface area contributed by atoms with Crippen molar-refractivity contribution in [3.05, 3.63) is 106 Å². The van der Waals surface area contributed by atoms with Crippen LogP contribution in [0.5, 0.6) is 0 Å². The van der Waals surface area contributed by atoms with Gasteiger partial charge in [-0.1, -0.05) is 104 Å². The Bertz CT molecular complexity index is 929. The van der Waals surface area contributed by atoms with Gasteiger partial charge in [-0.15, -0.1) is 0 Å². The molecule has 1 aliphatic carbocycles. The summed E-state index contributed by atoms with van der Waals surface area (Å²) in [5.74, 6) is 1.86. The second-order valence-corrected chi connectivity index (χ2v) is 10.3. The minimum Gasteiger partial charge on any atom is -0.0843 e. The van der Waals surface area contributed by atoms with Crippen molar-refractivity contribution in [3.8, 4) is 0 Å². The SMILES string of the molecule is Cc1ccc(CC[C@H]2CC[C@H](CCc3ccc(CCc4ccc(Cl)cc4)cc3)CC2)cc1. The molecule has 1 heteroatoms. The Balaban J connectivity index is 1.14. The highest BCUT2D eigenvalue weighted by Gasteiger charge is 2.20. The Kier molecular flexibility index (Phi) is 8.46. The zero-order valence-electron chi connectivity index (χ0n) is 19.5. The third-order valence-corrected chi connectivity index (χ3v) is 7.66. The van der Waals surface area contributed by atoms with E-state index in [2.05, 4.69) is 67.6 Å². The zero-order chi connectivity index (χ0) is 22.2. The van der Waals surface area contributed by atoms with Gasteiger partial charge in [-0.2, -0.15) is 0 Å². The molecule has 168 valence electrons. The quantitative estimate of drug-likeness (QED) is 0.309. The molecule has 3 aromatic carbocycles. The van der Waals surface area contributed by atoms with Crippen LogP contribution in [0.2, 0.25) is 5.02 Å². The number of rotatable bonds is 9. The van der Waals surface area contributed by atoms with E-state index in [1.807, 2.05) is 12.1 Å². The first kappa shape index (κ1) is 23.1. The maximum absolute atomic E-state index is 5.98. The zero-order valence-corrected chi connectivity index (χ0v) is 20.3. The number of benzene rings is 3. The van der Waals surface area contributed by atoms with Crippen molar-refractivity contribution in [1.82, 2.24) is 0 Å². The number of aryl methyl sites for hydroxylation is 5. The molecule has 0 amide bonds. The first-order valence-corrected chi connectivity index (χ1v) is 12.9. The summed E-state index contributed by atoms with van der Waals surface area (Å²) < 4.78 is 0. The molecule has 0 atom stereocenters. The summed E-state index contributed by atoms with van der Waals surface area (Å²) in [6.45, 7) is 2.17. The average Bonchev–Trinajstić information content (AvgIpc) is 2.83. The maximum Gasteiger partial charge on any atom is 0.0406 e. The summed E-state index contributed by atoms with van der Waals surface area (Å²) in [6.07, 6.45) is 13.1. The van der Waals surface area contributed by atoms with Crippen LogP contribution in [0.4, 0.5) is 0 Å². The summed E-state index contributed by atoms with van der Waals surface area (Å²) in [5.41, 5.74) is 7.16. The van der Waals surface area contributed by atoms with E-state index in [0.29, 0.717) is 0 Å². The van der Waals surface area contributed by atoms with Gasteiger partial charge in [-0.3, -0.25) is 0 Å². The molecule has 3 aromatic rings. The normalized spacial score (nSPS) is 18.6. The van der Waals surface area contributed by atoms with Gasteiger partial charge < -0.3 is 0 Å². The summed E-state index contributed by atoms with van der Waals surface area (Å²) >= 11 is 5.98. The van der Waals surface area contributed by atoms with E-state index in [1.165, 1.54) is 79.2 Å². The average molecular weight is 445 g/mol. The van der Waals surface area contributed by atoms with Crippen LogP contribution >= 0.6 is 11.6 Å². The molecule has 0 aliphatic heterocycles. The van der Waals surface area contributed by atoms with Crippen LogP contribution in [0.25, 0.3) is 0 Å². The smallest absolute Gasteiger partial charge is 0.0406 e. The molecule has 32 heavy (non-hydrogen) atoms. The molecule has 1 aliphatic rings. The van der Waals surface area contributed by atoms with E-state index in [-0.39, 0.29) is 0 Å². The Labute approximate surface area is 200 Å². The van der Waals surface area contributed by atoms with E-state index in [1.54, 1.807) is 0 Å². The molecule has 0 radical (unpaired) electrons. The third-order valence-electron chi connectivity index (χ3n) is 7.41. The second kappa shape index (κ2) is 11.7. The highest BCUT2D eigenvalue weighted by Crippen LogP contribution is 2.34. The standard InChI is InChI=1S/C31H37Cl/c1-24-2-4-25(5-3-24)6-7-26-8-10-27(11-9-26)12-13-28-14-16-29(17-15-28)18-19-30-20-22-31(32)23-21-30/h2-5,14-17,20-23,26-27H,6-13,18-19H2,1H3/t26-,27-. The fourth-order valence-corrected chi connectivity index (χ4v) is 5.24. The molecule has 0 N–H and O–H groups in total. The fourth-order valence-electron chi connectivity index (χ4n) is 5.12. The van der Waals surface area contributed by atoms with Crippen molar-refractivity contribution in [3.63, 3.8) is 0 Å². The van der Waals surface area contributed by atoms with Gasteiger partial charge in [0, 0.05) is 5.02 Å². The highest BCUT2D eigenvalue weighted by atomic mass is 35.5. The summed E-state index contributed by atoms with van der Waals surface area (Å²) in [7, 11) is 0. The Hall–Kier alpha value is -2.05. The molecule has 0 unspecified atom stereocenters. The van der Waals surface area contributed by atoms with E-state index in [4.69, 9.17) is 11.6 Å². The minimum absolute atomic E-state index is 0.814. The largest absolute Gasteiger partial charge is 0.0843 e. The Morgan fingerprint density at radius 2 is 0.875 bits per heavy atom. The maximum atomic E-state index is 5.98. The molecule has 1 fully saturated rings. The minimum atomic E-state index is 0.814. The van der Waals surface area contributed by atoms with Gasteiger partial charge in [-0.05, 0) is 91.7 Å². The second-order valence-electron chi connectivity index (χ2n) is 9.89. The van der Waals surface area contributed by atoms with Gasteiger partial charge in [0.2, 0.25) is 0 Å². The van der Waals surface area contributed by atoms with Crippen LogP contribution < -0.4 is 0 Å². The van der Waals surface area contributed by atoms with Gasteiger partial charge in [0.1, 0.15) is 0 Å². The van der Waals surface area contributed by atoms with Crippen molar-refractivity contribution >= 4 is 11.6 Å². The Morgan fingerprint density at radius 1 is 0.531 bits per heavy atom. The van der Waals surface area contributed by atoms with Gasteiger partial charge in [0.05, 0.1) is 0 Å². The first-order chi connectivity index (χ1) is 15.6. The van der Waals surface area contributed by atoms with Gasteiger partial charge in [-0.25, -0.2) is 0 Å². The topological polar surface area (TPSA) is 0 Å². The molecule has 0 bridgehead atoms.